The average molecular weight is 258 g/mol. The van der Waals surface area contributed by atoms with Crippen molar-refractivity contribution < 1.29 is 14.3 Å². The van der Waals surface area contributed by atoms with Crippen LogP contribution in [0.5, 0.6) is 0 Å². The van der Waals surface area contributed by atoms with Gasteiger partial charge in [-0.3, -0.25) is 9.59 Å². The Labute approximate surface area is 103 Å². The summed E-state index contributed by atoms with van der Waals surface area (Å²) < 4.78 is 5.88. The first-order valence-corrected chi connectivity index (χ1v) is 6.92. The molecule has 0 radical (unpaired) electrons. The summed E-state index contributed by atoms with van der Waals surface area (Å²) in [7, 11) is 0. The van der Waals surface area contributed by atoms with Crippen molar-refractivity contribution in [2.24, 2.45) is 0 Å². The molecule has 5 heteroatoms. The zero-order valence-electron chi connectivity index (χ0n) is 9.10. The lowest BCUT2D eigenvalue weighted by Gasteiger charge is -2.00. The highest BCUT2D eigenvalue weighted by Gasteiger charge is 2.08. The van der Waals surface area contributed by atoms with E-state index >= 15 is 0 Å². The van der Waals surface area contributed by atoms with Crippen LogP contribution >= 0.6 is 23.1 Å². The first-order chi connectivity index (χ1) is 7.72. The minimum atomic E-state index is -0.294. The molecule has 1 heterocycles. The summed E-state index contributed by atoms with van der Waals surface area (Å²) in [5, 5.41) is 1.98. The van der Waals surface area contributed by atoms with Gasteiger partial charge in [0.15, 0.2) is 0 Å². The van der Waals surface area contributed by atoms with Crippen LogP contribution in [0.2, 0.25) is 0 Å². The SMILES string of the molecule is CCOC(=O)CCC(=O)CSc1cccs1. The van der Waals surface area contributed by atoms with Crippen LogP contribution in [0.25, 0.3) is 0 Å². The highest BCUT2D eigenvalue weighted by atomic mass is 32.2. The predicted molar refractivity (Wildman–Crippen MR) is 65.9 cm³/mol. The first kappa shape index (κ1) is 13.3. The van der Waals surface area contributed by atoms with Crippen molar-refractivity contribution in [2.75, 3.05) is 12.4 Å². The molecule has 0 unspecified atom stereocenters. The second-order valence-electron chi connectivity index (χ2n) is 3.06. The molecule has 0 aromatic carbocycles. The largest absolute Gasteiger partial charge is 0.466 e. The maximum atomic E-state index is 11.4. The molecule has 0 spiro atoms. The summed E-state index contributed by atoms with van der Waals surface area (Å²) in [6.45, 7) is 2.13. The van der Waals surface area contributed by atoms with Gasteiger partial charge in [0.2, 0.25) is 0 Å². The van der Waals surface area contributed by atoms with Gasteiger partial charge in [-0.1, -0.05) is 6.07 Å². The molecule has 0 bridgehead atoms. The van der Waals surface area contributed by atoms with Crippen LogP contribution in [0, 0.1) is 0 Å². The van der Waals surface area contributed by atoms with Crippen molar-refractivity contribution in [3.63, 3.8) is 0 Å². The van der Waals surface area contributed by atoms with Gasteiger partial charge < -0.3 is 4.74 Å². The van der Waals surface area contributed by atoms with Crippen LogP contribution in [0.3, 0.4) is 0 Å². The number of hydrogen-bond donors (Lipinski definition) is 0. The van der Waals surface area contributed by atoms with Crippen molar-refractivity contribution in [1.82, 2.24) is 0 Å². The number of carbonyl (C=O) groups excluding carboxylic acids is 2. The van der Waals surface area contributed by atoms with E-state index in [2.05, 4.69) is 0 Å². The zero-order valence-corrected chi connectivity index (χ0v) is 10.7. The molecule has 3 nitrogen and oxygen atoms in total. The van der Waals surface area contributed by atoms with Crippen molar-refractivity contribution in [1.29, 1.82) is 0 Å². The van der Waals surface area contributed by atoms with Crippen LogP contribution in [0.4, 0.5) is 0 Å². The second kappa shape index (κ2) is 7.46. The molecule has 0 amide bonds. The van der Waals surface area contributed by atoms with Crippen LogP contribution in [-0.2, 0) is 14.3 Å². The van der Waals surface area contributed by atoms with Gasteiger partial charge >= 0.3 is 5.97 Å². The van der Waals surface area contributed by atoms with E-state index in [0.29, 0.717) is 12.4 Å². The quantitative estimate of drug-likeness (QED) is 0.557. The fourth-order valence-electron chi connectivity index (χ4n) is 1.04. The van der Waals surface area contributed by atoms with E-state index in [1.807, 2.05) is 17.5 Å². The maximum Gasteiger partial charge on any atom is 0.306 e. The van der Waals surface area contributed by atoms with Gasteiger partial charge in [-0.25, -0.2) is 0 Å². The third-order valence-corrected chi connectivity index (χ3v) is 3.97. The lowest BCUT2D eigenvalue weighted by atomic mass is 10.2. The van der Waals surface area contributed by atoms with Gasteiger partial charge in [-0.2, -0.15) is 0 Å². The normalized spacial score (nSPS) is 10.1. The number of ether oxygens (including phenoxy) is 1. The molecule has 0 N–H and O–H groups in total. The fourth-order valence-corrected chi connectivity index (χ4v) is 2.73. The molecular formula is C11H14O3S2. The molecule has 0 fully saturated rings. The smallest absolute Gasteiger partial charge is 0.306 e. The zero-order chi connectivity index (χ0) is 11.8. The Morgan fingerprint density at radius 1 is 1.44 bits per heavy atom. The molecule has 1 rings (SSSR count). The van der Waals surface area contributed by atoms with E-state index in [-0.39, 0.29) is 24.6 Å². The number of thioether (sulfide) groups is 1. The number of hydrogen-bond acceptors (Lipinski definition) is 5. The molecule has 1 aromatic rings. The number of Topliss-reactive ketones (excluding diaryl/α,β-unsaturated/α-hetero) is 1. The standard InChI is InChI=1S/C11H14O3S2/c1-2-14-10(13)6-5-9(12)8-16-11-4-3-7-15-11/h3-4,7H,2,5-6,8H2,1H3. The third kappa shape index (κ3) is 5.32. The van der Waals surface area contributed by atoms with E-state index in [4.69, 9.17) is 4.74 Å². The highest BCUT2D eigenvalue weighted by molar-refractivity contribution is 8.01. The Kier molecular flexibility index (Phi) is 6.18. The molecule has 88 valence electrons. The van der Waals surface area contributed by atoms with E-state index in [0.717, 1.165) is 4.21 Å². The minimum absolute atomic E-state index is 0.0893. The summed E-state index contributed by atoms with van der Waals surface area (Å²) >= 11 is 3.13. The molecule has 1 aromatic heterocycles. The number of rotatable bonds is 7. The summed E-state index contributed by atoms with van der Waals surface area (Å²) in [5.41, 5.74) is 0. The van der Waals surface area contributed by atoms with Gasteiger partial charge in [0.05, 0.1) is 23.0 Å². The van der Waals surface area contributed by atoms with Gasteiger partial charge in [-0.15, -0.1) is 23.1 Å². The fraction of sp³-hybridized carbons (Fsp3) is 0.455. The Hall–Kier alpha value is -0.810. The molecule has 0 saturated heterocycles. The van der Waals surface area contributed by atoms with Crippen LogP contribution in [-0.4, -0.2) is 24.1 Å². The molecule has 0 aliphatic carbocycles. The first-order valence-electron chi connectivity index (χ1n) is 5.06. The number of esters is 1. The summed E-state index contributed by atoms with van der Waals surface area (Å²) in [5.74, 6) is 0.225. The predicted octanol–water partition coefficient (Wildman–Crippen LogP) is 2.75. The molecule has 0 aliphatic rings. The average Bonchev–Trinajstić information content (AvgIpc) is 2.77. The van der Waals surface area contributed by atoms with Crippen LogP contribution in [0.15, 0.2) is 21.7 Å². The summed E-state index contributed by atoms with van der Waals surface area (Å²) in [6.07, 6.45) is 0.467. The number of ketones is 1. The Bertz CT molecular complexity index is 333. The van der Waals surface area contributed by atoms with Crippen LogP contribution < -0.4 is 0 Å². The van der Waals surface area contributed by atoms with Gasteiger partial charge in [0, 0.05) is 6.42 Å². The van der Waals surface area contributed by atoms with Crippen LogP contribution in [0.1, 0.15) is 19.8 Å². The van der Waals surface area contributed by atoms with Crippen molar-refractivity contribution in [3.8, 4) is 0 Å². The second-order valence-corrected chi connectivity index (χ2v) is 5.29. The molecule has 16 heavy (non-hydrogen) atoms. The highest BCUT2D eigenvalue weighted by Crippen LogP contribution is 2.23. The van der Waals surface area contributed by atoms with E-state index in [9.17, 15) is 9.59 Å². The van der Waals surface area contributed by atoms with E-state index in [1.54, 1.807) is 18.3 Å². The van der Waals surface area contributed by atoms with Crippen molar-refractivity contribution in [2.45, 2.75) is 24.0 Å². The van der Waals surface area contributed by atoms with Crippen molar-refractivity contribution in [3.05, 3.63) is 17.5 Å². The molecule has 0 atom stereocenters. The topological polar surface area (TPSA) is 43.4 Å². The van der Waals surface area contributed by atoms with Gasteiger partial charge in [0.1, 0.15) is 5.78 Å². The third-order valence-electron chi connectivity index (χ3n) is 1.78. The monoisotopic (exact) mass is 258 g/mol. The van der Waals surface area contributed by atoms with E-state index in [1.165, 1.54) is 11.8 Å². The number of thiophene rings is 1. The lowest BCUT2D eigenvalue weighted by Crippen LogP contribution is -2.08. The lowest BCUT2D eigenvalue weighted by molar-refractivity contribution is -0.144. The summed E-state index contributed by atoms with van der Waals surface area (Å²) in [4.78, 5) is 22.4. The molecule has 0 saturated carbocycles. The minimum Gasteiger partial charge on any atom is -0.466 e. The van der Waals surface area contributed by atoms with Crippen molar-refractivity contribution >= 4 is 34.9 Å². The van der Waals surface area contributed by atoms with E-state index < -0.39 is 0 Å². The molecular weight excluding hydrogens is 244 g/mol. The Morgan fingerprint density at radius 3 is 2.88 bits per heavy atom. The summed E-state index contributed by atoms with van der Waals surface area (Å²) in [6, 6.07) is 3.93. The maximum absolute atomic E-state index is 11.4. The van der Waals surface area contributed by atoms with Gasteiger partial charge in [-0.05, 0) is 18.4 Å². The Balaban J connectivity index is 2.14. The van der Waals surface area contributed by atoms with Gasteiger partial charge in [0.25, 0.3) is 0 Å². The molecule has 0 aliphatic heterocycles. The number of carbonyl (C=O) groups is 2. The Morgan fingerprint density at radius 2 is 2.25 bits per heavy atom.